The minimum absolute atomic E-state index is 0.866. The molecule has 31 heavy (non-hydrogen) atoms. The second-order valence-corrected chi connectivity index (χ2v) is 6.32. The van der Waals surface area contributed by atoms with Crippen LogP contribution in [0.25, 0.3) is 0 Å². The zero-order chi connectivity index (χ0) is 21.4. The molecule has 1 N–H and O–H groups in total. The fraction of sp³-hybridized carbons (Fsp3) is 0. The van der Waals surface area contributed by atoms with Gasteiger partial charge in [-0.3, -0.25) is 15.0 Å². The molecule has 0 bridgehead atoms. The Labute approximate surface area is 183 Å². The second kappa shape index (κ2) is 13.0. The molecule has 0 atom stereocenters. The monoisotopic (exact) mass is 404 g/mol. The van der Waals surface area contributed by atoms with E-state index >= 15 is 0 Å². The minimum atomic E-state index is 0.866. The van der Waals surface area contributed by atoms with Crippen molar-refractivity contribution in [3.8, 4) is 0 Å². The van der Waals surface area contributed by atoms with Crippen LogP contribution in [-0.4, -0.2) is 18.6 Å². The Balaban J connectivity index is 1.80. The van der Waals surface area contributed by atoms with Gasteiger partial charge in [-0.2, -0.15) is 0 Å². The van der Waals surface area contributed by atoms with E-state index in [2.05, 4.69) is 20.3 Å². The van der Waals surface area contributed by atoms with Crippen LogP contribution in [0.15, 0.2) is 137 Å². The van der Waals surface area contributed by atoms with Crippen molar-refractivity contribution in [1.82, 2.24) is 0 Å². The van der Waals surface area contributed by atoms with Gasteiger partial charge in [-0.1, -0.05) is 66.8 Å². The van der Waals surface area contributed by atoms with Gasteiger partial charge in [0, 0.05) is 54.1 Å². The molecule has 0 saturated heterocycles. The van der Waals surface area contributed by atoms with Crippen LogP contribution in [0.4, 0.5) is 11.4 Å². The summed E-state index contributed by atoms with van der Waals surface area (Å²) in [6, 6.07) is 15.9. The number of hydrogen-bond acceptors (Lipinski definition) is 4. The van der Waals surface area contributed by atoms with Crippen molar-refractivity contribution in [2.75, 3.05) is 5.32 Å². The molecule has 2 aromatic rings. The third-order valence-electron chi connectivity index (χ3n) is 4.08. The third-order valence-corrected chi connectivity index (χ3v) is 4.08. The molecule has 3 rings (SSSR count). The van der Waals surface area contributed by atoms with Crippen molar-refractivity contribution in [2.45, 2.75) is 0 Å². The van der Waals surface area contributed by atoms with Gasteiger partial charge in [0.05, 0.1) is 5.69 Å². The zero-order valence-corrected chi connectivity index (χ0v) is 17.1. The van der Waals surface area contributed by atoms with Crippen molar-refractivity contribution in [1.29, 1.82) is 0 Å². The molecular weight excluding hydrogens is 380 g/mol. The highest BCUT2D eigenvalue weighted by Crippen LogP contribution is 2.16. The van der Waals surface area contributed by atoms with E-state index in [4.69, 9.17) is 0 Å². The van der Waals surface area contributed by atoms with Crippen molar-refractivity contribution in [3.05, 3.63) is 133 Å². The van der Waals surface area contributed by atoms with Gasteiger partial charge in [-0.05, 0) is 36.4 Å². The molecule has 0 saturated carbocycles. The van der Waals surface area contributed by atoms with E-state index in [1.165, 1.54) is 0 Å². The zero-order valence-electron chi connectivity index (χ0n) is 17.1. The van der Waals surface area contributed by atoms with Crippen LogP contribution in [0.2, 0.25) is 0 Å². The third kappa shape index (κ3) is 7.91. The molecule has 0 aliphatic carbocycles. The van der Waals surface area contributed by atoms with Gasteiger partial charge in [0.1, 0.15) is 0 Å². The van der Waals surface area contributed by atoms with E-state index in [-0.39, 0.29) is 0 Å². The smallest absolute Gasteiger partial charge is 0.0717 e. The number of allylic oxidation sites excluding steroid dienone is 9. The van der Waals surface area contributed by atoms with Gasteiger partial charge >= 0.3 is 0 Å². The Kier molecular flexibility index (Phi) is 8.98. The van der Waals surface area contributed by atoms with E-state index in [0.29, 0.717) is 0 Å². The number of nitrogens with zero attached hydrogens (tertiary/aromatic N) is 3. The molecule has 2 aromatic carbocycles. The van der Waals surface area contributed by atoms with Crippen LogP contribution < -0.4 is 5.32 Å². The van der Waals surface area contributed by atoms with Gasteiger partial charge in [0.15, 0.2) is 0 Å². The Morgan fingerprint density at radius 3 is 2.00 bits per heavy atom. The molecule has 0 unspecified atom stereocenters. The van der Waals surface area contributed by atoms with Gasteiger partial charge in [-0.15, -0.1) is 0 Å². The maximum Gasteiger partial charge on any atom is 0.0717 e. The lowest BCUT2D eigenvalue weighted by molar-refractivity contribution is 1.50. The molecule has 1 aliphatic heterocycles. The first kappa shape index (κ1) is 21.4. The predicted octanol–water partition coefficient (Wildman–Crippen LogP) is 6.56. The first-order valence-corrected chi connectivity index (χ1v) is 9.95. The number of aliphatic imine (C=N–C) groups is 3. The summed E-state index contributed by atoms with van der Waals surface area (Å²) in [5, 5.41) is 3.28. The topological polar surface area (TPSA) is 49.1 Å². The molecule has 0 radical (unpaired) electrons. The number of fused-ring (bicyclic) bond motifs is 2. The average Bonchev–Trinajstić information content (AvgIpc) is 2.80. The molecule has 0 spiro atoms. The molecular formula is C27H24N4. The van der Waals surface area contributed by atoms with Crippen LogP contribution in [0.1, 0.15) is 11.1 Å². The van der Waals surface area contributed by atoms with Gasteiger partial charge in [0.2, 0.25) is 0 Å². The molecule has 0 amide bonds. The van der Waals surface area contributed by atoms with E-state index in [9.17, 15) is 0 Å². The van der Waals surface area contributed by atoms with Gasteiger partial charge in [0.25, 0.3) is 0 Å². The first-order valence-electron chi connectivity index (χ1n) is 9.95. The number of para-hydroxylation sites is 2. The average molecular weight is 405 g/mol. The van der Waals surface area contributed by atoms with Crippen LogP contribution in [0, 0.1) is 0 Å². The summed E-state index contributed by atoms with van der Waals surface area (Å²) in [6.45, 7) is 0. The fourth-order valence-corrected chi connectivity index (χ4v) is 2.59. The molecule has 0 fully saturated rings. The molecule has 1 heterocycles. The van der Waals surface area contributed by atoms with Crippen LogP contribution >= 0.6 is 0 Å². The van der Waals surface area contributed by atoms with Crippen molar-refractivity contribution >= 4 is 30.0 Å². The van der Waals surface area contributed by atoms with Gasteiger partial charge < -0.3 is 5.32 Å². The maximum absolute atomic E-state index is 4.51. The van der Waals surface area contributed by atoms with E-state index < -0.39 is 0 Å². The second-order valence-electron chi connectivity index (χ2n) is 6.32. The lowest BCUT2D eigenvalue weighted by Crippen LogP contribution is -1.92. The normalized spacial score (nSPS) is 17.3. The summed E-state index contributed by atoms with van der Waals surface area (Å²) in [4.78, 5) is 13.2. The van der Waals surface area contributed by atoms with E-state index in [1.807, 2.05) is 116 Å². The largest absolute Gasteiger partial charge is 0.361 e. The number of nitrogens with one attached hydrogen (secondary N) is 1. The predicted molar refractivity (Wildman–Crippen MR) is 135 cm³/mol. The Bertz CT molecular complexity index is 1110. The molecule has 0 aromatic heterocycles. The lowest BCUT2D eigenvalue weighted by Gasteiger charge is -2.03. The molecule has 4 heteroatoms. The highest BCUT2D eigenvalue weighted by atomic mass is 14.8. The lowest BCUT2D eigenvalue weighted by atomic mass is 10.2. The van der Waals surface area contributed by atoms with Crippen molar-refractivity contribution in [2.24, 2.45) is 15.0 Å². The highest BCUT2D eigenvalue weighted by molar-refractivity contribution is 5.89. The SMILES string of the molecule is C1=CC=CNc2ccccc2C=N\C=C/C=C\C=C/N=Cc2ccccc2N=CC=C1. The highest BCUT2D eigenvalue weighted by Gasteiger charge is 1.95. The van der Waals surface area contributed by atoms with Crippen molar-refractivity contribution < 1.29 is 0 Å². The summed E-state index contributed by atoms with van der Waals surface area (Å²) in [5.74, 6) is 0. The molecule has 1 aliphatic rings. The molecule has 152 valence electrons. The summed E-state index contributed by atoms with van der Waals surface area (Å²) in [5.41, 5.74) is 3.82. The Morgan fingerprint density at radius 1 is 0.548 bits per heavy atom. The Morgan fingerprint density at radius 2 is 1.16 bits per heavy atom. The fourth-order valence-electron chi connectivity index (χ4n) is 2.59. The summed E-state index contributed by atoms with van der Waals surface area (Å²) >= 11 is 0. The number of anilines is 1. The van der Waals surface area contributed by atoms with E-state index in [0.717, 1.165) is 22.5 Å². The quantitative estimate of drug-likeness (QED) is 0.531. The molecule has 4 nitrogen and oxygen atoms in total. The van der Waals surface area contributed by atoms with Crippen molar-refractivity contribution in [3.63, 3.8) is 0 Å². The summed E-state index contributed by atoms with van der Waals surface area (Å²) in [7, 11) is 0. The Hall–Kier alpha value is -4.31. The first-order chi connectivity index (χ1) is 15.4. The van der Waals surface area contributed by atoms with Gasteiger partial charge in [-0.25, -0.2) is 0 Å². The summed E-state index contributed by atoms with van der Waals surface area (Å²) in [6.07, 6.45) is 28.0. The number of hydrogen-bond donors (Lipinski definition) is 1. The maximum atomic E-state index is 4.51. The van der Waals surface area contributed by atoms with Crippen LogP contribution in [-0.2, 0) is 0 Å². The van der Waals surface area contributed by atoms with Crippen LogP contribution in [0.3, 0.4) is 0 Å². The standard InChI is InChI=1S/C27H24N4/c1-2-12-20-30-26-16-8-6-14-24(26)22-28-18-10-4-5-11-19-29-23-25-15-7-9-17-27(25)31-21-13-3-1/h1-23,30H/b2-1?,5-4-,13-3?,18-10-,19-11-,20-12?,28-22?,29-23?,31-21?. The summed E-state index contributed by atoms with van der Waals surface area (Å²) < 4.78 is 0. The van der Waals surface area contributed by atoms with Crippen LogP contribution in [0.5, 0.6) is 0 Å². The number of rotatable bonds is 0. The number of benzene rings is 2. The minimum Gasteiger partial charge on any atom is -0.361 e. The van der Waals surface area contributed by atoms with E-state index in [1.54, 1.807) is 24.8 Å².